The number of fused-ring (bicyclic) bond motifs is 20. The van der Waals surface area contributed by atoms with Gasteiger partial charge in [-0.05, 0) is 68.5 Å². The van der Waals surface area contributed by atoms with Gasteiger partial charge in [0.2, 0.25) is 82.7 Å². The van der Waals surface area contributed by atoms with E-state index in [0.29, 0.717) is 5.56 Å². The van der Waals surface area contributed by atoms with Gasteiger partial charge in [0.1, 0.15) is 84.0 Å². The molecule has 6 rings (SSSR count). The second kappa shape index (κ2) is 39.7. The highest BCUT2D eigenvalue weighted by Gasteiger charge is 2.42. The fraction of sp³-hybridized carbons (Fsp3) is 0.525. The van der Waals surface area contributed by atoms with Crippen molar-refractivity contribution >= 4 is 159 Å². The summed E-state index contributed by atoms with van der Waals surface area (Å²) in [7, 11) is 4.74. The first-order chi connectivity index (χ1) is 47.9. The van der Waals surface area contributed by atoms with Crippen molar-refractivity contribution in [3.63, 3.8) is 0 Å². The molecular formula is C59H79N15O21S6. The van der Waals surface area contributed by atoms with Crippen molar-refractivity contribution < 1.29 is 102 Å². The summed E-state index contributed by atoms with van der Waals surface area (Å²) in [6, 6.07) is -11.7. The smallest absolute Gasteiger partial charge is 0.326 e. The van der Waals surface area contributed by atoms with Crippen LogP contribution in [-0.4, -0.2) is 257 Å². The fourth-order valence-electron chi connectivity index (χ4n) is 10.0. The summed E-state index contributed by atoms with van der Waals surface area (Å²) in [5.41, 5.74) is 12.6. The number of carboxylic acid groups (broad SMARTS) is 2. The van der Waals surface area contributed by atoms with E-state index >= 15 is 9.59 Å². The summed E-state index contributed by atoms with van der Waals surface area (Å²) in [6.07, 6.45) is -4.71. The van der Waals surface area contributed by atoms with Crippen molar-refractivity contribution in [3.05, 3.63) is 59.7 Å². The molecule has 0 saturated carbocycles. The molecule has 14 amide bonds. The number of primary amides is 1. The Bertz CT molecular complexity index is 3400. The molecule has 0 aromatic heterocycles. The molecule has 21 N–H and O–H groups in total. The number of nitrogens with zero attached hydrogens (tertiary/aromatic N) is 1. The maximum atomic E-state index is 15.1. The minimum Gasteiger partial charge on any atom is -0.508 e. The van der Waals surface area contributed by atoms with Crippen LogP contribution in [0, 0.1) is 0 Å². The van der Waals surface area contributed by atoms with Crippen molar-refractivity contribution in [1.82, 2.24) is 68.7 Å². The number of rotatable bonds is 13. The van der Waals surface area contributed by atoms with Crippen LogP contribution in [0.4, 0.5) is 0 Å². The van der Waals surface area contributed by atoms with Crippen LogP contribution in [0.2, 0.25) is 0 Å². The number of aromatic hydroxyl groups is 2. The minimum atomic E-state index is -1.93. The maximum Gasteiger partial charge on any atom is 0.326 e. The van der Waals surface area contributed by atoms with Gasteiger partial charge in [0.25, 0.3) is 0 Å². The molecule has 2 aromatic carbocycles. The molecule has 4 aliphatic rings. The van der Waals surface area contributed by atoms with E-state index in [1.54, 1.807) is 0 Å². The number of amides is 14. The summed E-state index contributed by atoms with van der Waals surface area (Å²) in [4.78, 5) is 227. The first kappa shape index (κ1) is 81.5. The van der Waals surface area contributed by atoms with Crippen LogP contribution < -0.4 is 75.3 Å². The van der Waals surface area contributed by atoms with E-state index in [9.17, 15) is 92.7 Å². The van der Waals surface area contributed by atoms with Gasteiger partial charge in [0, 0.05) is 60.3 Å². The van der Waals surface area contributed by atoms with Crippen molar-refractivity contribution in [1.29, 1.82) is 0 Å². The highest BCUT2D eigenvalue weighted by atomic mass is 33.1. The molecule has 0 aliphatic carbocycles. The van der Waals surface area contributed by atoms with Gasteiger partial charge in [-0.25, -0.2) is 4.79 Å². The fourth-order valence-corrected chi connectivity index (χ4v) is 17.0. The van der Waals surface area contributed by atoms with E-state index in [0.717, 1.165) is 76.6 Å². The van der Waals surface area contributed by atoms with E-state index < -0.39 is 240 Å². The number of nitrogens with two attached hydrogens (primary N) is 2. The topological polar surface area (TPSA) is 574 Å². The van der Waals surface area contributed by atoms with Crippen LogP contribution in [0.25, 0.3) is 0 Å². The van der Waals surface area contributed by atoms with Crippen LogP contribution in [-0.2, 0) is 89.6 Å². The third kappa shape index (κ3) is 25.9. The van der Waals surface area contributed by atoms with Gasteiger partial charge in [-0.3, -0.25) is 71.9 Å². The zero-order valence-corrected chi connectivity index (χ0v) is 59.0. The number of nitrogens with one attached hydrogen (secondary N) is 12. The average molecular weight is 1530 g/mol. The zero-order chi connectivity index (χ0) is 74.2. The number of carboxylic acids is 2. The summed E-state index contributed by atoms with van der Waals surface area (Å²) >= 11 is 0. The van der Waals surface area contributed by atoms with E-state index in [2.05, 4.69) is 63.8 Å². The predicted molar refractivity (Wildman–Crippen MR) is 371 cm³/mol. The Balaban J connectivity index is 1.56. The maximum absolute atomic E-state index is 15.1. The normalized spacial score (nSPS) is 27.3. The summed E-state index contributed by atoms with van der Waals surface area (Å²) < 4.78 is 0. The summed E-state index contributed by atoms with van der Waals surface area (Å²) in [5.74, 6) is -21.7. The Labute approximate surface area is 600 Å². The molecule has 4 heterocycles. The van der Waals surface area contributed by atoms with Crippen molar-refractivity contribution in [2.75, 3.05) is 47.6 Å². The second-order valence-electron chi connectivity index (χ2n) is 23.5. The molecule has 42 heteroatoms. The van der Waals surface area contributed by atoms with E-state index in [1.165, 1.54) is 55.5 Å². The highest BCUT2D eigenvalue weighted by Crippen LogP contribution is 2.28. The molecule has 0 spiro atoms. The summed E-state index contributed by atoms with van der Waals surface area (Å²) in [5, 5.41) is 80.4. The Morgan fingerprint density at radius 1 is 0.574 bits per heavy atom. The first-order valence-electron chi connectivity index (χ1n) is 31.2. The molecule has 36 nitrogen and oxygen atoms in total. The Hall–Kier alpha value is -8.42. The van der Waals surface area contributed by atoms with Gasteiger partial charge in [0.05, 0.1) is 25.1 Å². The molecular weight excluding hydrogens is 1450 g/mol. The van der Waals surface area contributed by atoms with Crippen molar-refractivity contribution in [2.45, 2.75) is 143 Å². The third-order valence-corrected chi connectivity index (χ3v) is 22.9. The lowest BCUT2D eigenvalue weighted by atomic mass is 10.0. The van der Waals surface area contributed by atoms with Crippen molar-refractivity contribution in [3.8, 4) is 11.5 Å². The molecule has 4 aliphatic heterocycles. The van der Waals surface area contributed by atoms with Crippen LogP contribution >= 0.6 is 64.8 Å². The van der Waals surface area contributed by atoms with Crippen LogP contribution in [0.1, 0.15) is 57.1 Å². The van der Waals surface area contributed by atoms with Gasteiger partial charge in [-0.1, -0.05) is 89.0 Å². The lowest BCUT2D eigenvalue weighted by molar-refractivity contribution is -0.143. The Kier molecular flexibility index (Phi) is 32.1. The first-order valence-corrected chi connectivity index (χ1v) is 38.7. The number of benzene rings is 2. The molecule has 4 saturated heterocycles. The van der Waals surface area contributed by atoms with Gasteiger partial charge in [-0.15, -0.1) is 0 Å². The van der Waals surface area contributed by atoms with Crippen LogP contribution in [0.3, 0.4) is 0 Å². The second-order valence-corrected chi connectivity index (χ2v) is 31.1. The number of aliphatic hydroxyl groups is 1. The molecule has 4 bridgehead atoms. The zero-order valence-electron chi connectivity index (χ0n) is 54.1. The number of phenolic OH excluding ortho intramolecular Hbond substituents is 2. The molecule has 2 aromatic rings. The number of carbonyl (C=O) groups excluding carboxylic acids is 14. The number of phenols is 2. The predicted octanol–water partition coefficient (Wildman–Crippen LogP) is -5.94. The minimum absolute atomic E-state index is 0.00937. The lowest BCUT2D eigenvalue weighted by Crippen LogP contribution is -2.61. The largest absolute Gasteiger partial charge is 0.508 e. The highest BCUT2D eigenvalue weighted by molar-refractivity contribution is 8.77. The van der Waals surface area contributed by atoms with E-state index in [4.69, 9.17) is 11.5 Å². The number of hydrogen-bond acceptors (Lipinski definition) is 26. The number of aliphatic hydroxyl groups excluding tert-OH is 1. The summed E-state index contributed by atoms with van der Waals surface area (Å²) in [6.45, 7) is 1.18. The molecule has 2 unspecified atom stereocenters. The standard InChI is InChI=1S/C59H79N15O21S6/c1-26-47(82)69-41-25-101-99-22-38-52(87)65-33(13-14-45(80)81)49(84)66-34(16-28-5-9-30(76)10-6-28)50(85)71-40(54(89)72-39(23-97-96-20-32(60)48(83)70-38)53(88)67-35(18-43(61)78)58(93)74-15-3-4-42(74)56(91)63-26)24-100-98-21-37(64-44(79)19-62-57(92)46(27(2)75)73-55(41)90)51(86)68-36(59(94)95)17-29-7-11-31(77)12-8-29/h5-12,26-27,32-42,46,75-77H,3-4,13-25,60H2,1-2H3,(H2,61,78)(H,62,92)(H,63,91)(H,64,79)(H,65,87)(H,66,84)(H,67,88)(H,68,86)(H,69,82)(H,70,83)(H,71,85)(H,72,89)(H,73,90)(H,80,81)(H,94,95)/t26-,27+,32-,33+,34-,35?,36-,37-,38-,39-,40-,41-,42-,46?/m0/s1. The molecule has 0 radical (unpaired) electrons. The lowest BCUT2D eigenvalue weighted by Gasteiger charge is -2.30. The van der Waals surface area contributed by atoms with E-state index in [1.807, 2.05) is 0 Å². The third-order valence-electron chi connectivity index (χ3n) is 15.6. The quantitative estimate of drug-likeness (QED) is 0.0656. The van der Waals surface area contributed by atoms with Crippen molar-refractivity contribution in [2.24, 2.45) is 11.5 Å². The molecule has 4 fully saturated rings. The van der Waals surface area contributed by atoms with Gasteiger partial charge < -0.3 is 106 Å². The number of carbonyl (C=O) groups is 16. The van der Waals surface area contributed by atoms with E-state index in [-0.39, 0.29) is 48.6 Å². The monoisotopic (exact) mass is 1530 g/mol. The molecule has 552 valence electrons. The van der Waals surface area contributed by atoms with Gasteiger partial charge in [0.15, 0.2) is 0 Å². The average Bonchev–Trinajstić information content (AvgIpc) is 1.75. The molecule has 101 heavy (non-hydrogen) atoms. The van der Waals surface area contributed by atoms with Crippen LogP contribution in [0.5, 0.6) is 11.5 Å². The van der Waals surface area contributed by atoms with Gasteiger partial charge in [-0.2, -0.15) is 0 Å². The van der Waals surface area contributed by atoms with Gasteiger partial charge >= 0.3 is 11.9 Å². The Morgan fingerprint density at radius 3 is 1.61 bits per heavy atom. The molecule has 14 atom stereocenters. The Morgan fingerprint density at radius 2 is 1.06 bits per heavy atom. The number of aliphatic carboxylic acids is 2. The number of hydrogen-bond donors (Lipinski definition) is 19. The SMILES string of the molecule is C[C@@H]1NC(=O)[C@@H]2CCCN2C(=O)C(CC(N)=O)NC(=O)[C@@H]2CSSC[C@H](N)C(=O)N[C@H]3CSSC[C@H](NC1=O)C(=O)NC([C@@H](C)O)C(=O)NCC(=O)N[C@H](C(=O)N[C@@H](Cc1ccc(O)cc1)C(=O)O)CSSC[C@H](NC(=O)[C@H](Cc1ccc(O)cc1)NC(=O)[C@@H](CCC(=O)O)NC3=O)C(=O)N2. The van der Waals surface area contributed by atoms with Crippen LogP contribution in [0.15, 0.2) is 48.5 Å².